The van der Waals surface area contributed by atoms with Gasteiger partial charge in [-0.2, -0.15) is 0 Å². The zero-order valence-corrected chi connectivity index (χ0v) is 55.8. The zero-order chi connectivity index (χ0) is 74.2. The first-order chi connectivity index (χ1) is 46.1. The lowest BCUT2D eigenvalue weighted by Crippen LogP contribution is -2.60. The number of aliphatic imine (C=N–C) groups is 5. The summed E-state index contributed by atoms with van der Waals surface area (Å²) in [4.78, 5) is 186. The number of nitrogens with two attached hydrogens (primary N) is 12. The molecule has 1 rings (SSSR count). The molecule has 1 saturated heterocycles. The van der Waals surface area contributed by atoms with E-state index in [1.54, 1.807) is 0 Å². The maximum atomic E-state index is 14.7. The molecule has 42 heteroatoms. The van der Waals surface area contributed by atoms with Crippen molar-refractivity contribution in [3.63, 3.8) is 0 Å². The number of aliphatic hydroxyl groups is 1. The number of aliphatic carboxylic acids is 2. The van der Waals surface area contributed by atoms with E-state index in [2.05, 4.69) is 67.5 Å². The van der Waals surface area contributed by atoms with Crippen LogP contribution in [0.4, 0.5) is 0 Å². The first-order valence-corrected chi connectivity index (χ1v) is 31.9. The lowest BCUT2D eigenvalue weighted by atomic mass is 10.0. The van der Waals surface area contributed by atoms with Crippen LogP contribution >= 0.6 is 0 Å². The first kappa shape index (κ1) is 85.9. The van der Waals surface area contributed by atoms with Gasteiger partial charge in [0.1, 0.15) is 67.0 Å². The molecule has 98 heavy (non-hydrogen) atoms. The van der Waals surface area contributed by atoms with Crippen LogP contribution in [0.3, 0.4) is 0 Å². The van der Waals surface area contributed by atoms with E-state index in [1.165, 1.54) is 25.8 Å². The Morgan fingerprint density at radius 1 is 0.459 bits per heavy atom. The van der Waals surface area contributed by atoms with Gasteiger partial charge in [0.25, 0.3) is 0 Å². The summed E-state index contributed by atoms with van der Waals surface area (Å²) in [5.74, 6) is -13.4. The number of guanidine groups is 5. The van der Waals surface area contributed by atoms with Crippen LogP contribution in [0.15, 0.2) is 25.0 Å². The van der Waals surface area contributed by atoms with Gasteiger partial charge in [0.15, 0.2) is 29.8 Å². The van der Waals surface area contributed by atoms with Crippen molar-refractivity contribution in [1.82, 2.24) is 52.3 Å². The molecule has 1 heterocycles. The van der Waals surface area contributed by atoms with Gasteiger partial charge in [-0.25, -0.2) is 0 Å². The van der Waals surface area contributed by atoms with Gasteiger partial charge in [0, 0.05) is 52.7 Å². The third kappa shape index (κ3) is 35.0. The highest BCUT2D eigenvalue weighted by atomic mass is 16.4. The summed E-state index contributed by atoms with van der Waals surface area (Å²) in [5.41, 5.74) is 66.9. The number of carboxylic acid groups (broad SMARTS) is 2. The Labute approximate surface area is 567 Å². The molecule has 0 unspecified atom stereocenters. The lowest BCUT2D eigenvalue weighted by molar-refractivity contribution is -0.145. The highest BCUT2D eigenvalue weighted by Crippen LogP contribution is 2.20. The molecule has 0 radical (unpaired) electrons. The molecule has 0 aromatic heterocycles. The molecule has 0 aromatic rings. The number of aliphatic hydroxyl groups excluding tert-OH is 1. The number of carboxylic acids is 2. The standard InChI is InChI=1S/C56H105N27O15/c1-29(42(89)81-37(17-10-26-73-56(67)68)50(97)82(3)28-40(87)88)74-43(90)31(12-4-5-21-57)75-44(91)32(13-6-22-69-52(59)60)76-45(92)33(14-7-23-70-53(61)62)77-46(93)34(15-8-24-71-54(63)64)78-48(95)36(19-20-39(85)86)79-47(94)35(16-9-25-72-55(65)66)80-49(96)38-18-11-27-83(38)51(98)41(58)30(2)84/h29-38,41,84H,4-28,57-58H2,1-3H3,(H,74,90)(H,75,91)(H,76,92)(H,77,93)(H,78,95)(H,79,94)(H,80,96)(H,81,89)(H,85,86)(H,87,88)(H4,59,60,69)(H4,61,62,70)(H4,63,64,71)(H4,65,66,72)(H4,67,68,73)/t29-,30+,31-,32-,33-,34-,35-,36-,37-,38-,41-/m0/s1. The molecule has 554 valence electrons. The maximum Gasteiger partial charge on any atom is 0.323 e. The minimum absolute atomic E-state index is 0.00234. The van der Waals surface area contributed by atoms with Crippen LogP contribution in [-0.2, 0) is 57.5 Å². The van der Waals surface area contributed by atoms with Gasteiger partial charge in [-0.05, 0) is 123 Å². The highest BCUT2D eigenvalue weighted by molar-refractivity contribution is 5.99. The Bertz CT molecular complexity index is 2800. The number of rotatable bonds is 48. The average molecular weight is 1400 g/mol. The van der Waals surface area contributed by atoms with Gasteiger partial charge < -0.3 is 136 Å². The number of likely N-dealkylation sites (N-methyl/N-ethyl adjacent to an activating group) is 1. The smallest absolute Gasteiger partial charge is 0.323 e. The van der Waals surface area contributed by atoms with Crippen molar-refractivity contribution >= 4 is 101 Å². The van der Waals surface area contributed by atoms with E-state index < -0.39 is 157 Å². The Morgan fingerprint density at radius 3 is 1.12 bits per heavy atom. The molecular formula is C56H105N27O15. The number of hydrogen-bond donors (Lipinski definition) is 23. The summed E-state index contributed by atoms with van der Waals surface area (Å²) in [5, 5.41) is 49.6. The minimum Gasteiger partial charge on any atom is -0.481 e. The molecule has 1 aliphatic heterocycles. The van der Waals surface area contributed by atoms with Crippen molar-refractivity contribution < 1.29 is 72.9 Å². The van der Waals surface area contributed by atoms with Gasteiger partial charge in [-0.1, -0.05) is 0 Å². The number of carbonyl (C=O) groups excluding carboxylic acids is 10. The molecule has 1 fully saturated rings. The van der Waals surface area contributed by atoms with Gasteiger partial charge in [-0.3, -0.25) is 82.5 Å². The highest BCUT2D eigenvalue weighted by Gasteiger charge is 2.40. The van der Waals surface area contributed by atoms with Crippen molar-refractivity contribution in [2.75, 3.05) is 59.4 Å². The van der Waals surface area contributed by atoms with Crippen LogP contribution in [-0.4, -0.2) is 252 Å². The molecule has 0 bridgehead atoms. The minimum atomic E-state index is -1.74. The Hall–Kier alpha value is -10.1. The van der Waals surface area contributed by atoms with Crippen molar-refractivity contribution in [2.24, 2.45) is 93.8 Å². The molecule has 10 amide bonds. The number of nitrogens with one attached hydrogen (secondary N) is 8. The molecule has 0 saturated carbocycles. The number of hydrogen-bond acceptors (Lipinski definition) is 20. The van der Waals surface area contributed by atoms with Crippen LogP contribution in [0, 0.1) is 0 Å². The van der Waals surface area contributed by atoms with Gasteiger partial charge in [-0.15, -0.1) is 0 Å². The summed E-state index contributed by atoms with van der Waals surface area (Å²) in [6.45, 7) is 1.92. The Balaban J connectivity index is 3.84. The second kappa shape index (κ2) is 46.1. The van der Waals surface area contributed by atoms with Crippen LogP contribution in [0.25, 0.3) is 0 Å². The third-order valence-electron chi connectivity index (χ3n) is 14.9. The van der Waals surface area contributed by atoms with Crippen molar-refractivity contribution in [3.8, 4) is 0 Å². The predicted molar refractivity (Wildman–Crippen MR) is 360 cm³/mol. The molecule has 11 atom stereocenters. The fourth-order valence-corrected chi connectivity index (χ4v) is 9.70. The van der Waals surface area contributed by atoms with Crippen LogP contribution in [0.1, 0.15) is 123 Å². The molecule has 35 N–H and O–H groups in total. The van der Waals surface area contributed by atoms with Crippen LogP contribution < -0.4 is 111 Å². The Kier molecular flexibility index (Phi) is 40.4. The van der Waals surface area contributed by atoms with E-state index in [-0.39, 0.29) is 159 Å². The fraction of sp³-hybridized carbons (Fsp3) is 0.696. The first-order valence-electron chi connectivity index (χ1n) is 31.9. The number of nitrogens with zero attached hydrogens (tertiary/aromatic N) is 7. The number of unbranched alkanes of at least 4 members (excludes halogenated alkanes) is 1. The summed E-state index contributed by atoms with van der Waals surface area (Å²) < 4.78 is 0. The van der Waals surface area contributed by atoms with E-state index in [1.807, 2.05) is 0 Å². The second-order valence-electron chi connectivity index (χ2n) is 23.2. The van der Waals surface area contributed by atoms with Gasteiger partial charge in [0.2, 0.25) is 59.1 Å². The number of amides is 10. The molecule has 0 spiro atoms. The van der Waals surface area contributed by atoms with Crippen LogP contribution in [0.5, 0.6) is 0 Å². The van der Waals surface area contributed by atoms with E-state index >= 15 is 0 Å². The molecule has 1 aliphatic rings. The average Bonchev–Trinajstić information content (AvgIpc) is 1.63. The molecule has 42 nitrogen and oxygen atoms in total. The SMILES string of the molecule is C[C@H](NC(=O)[C@H](CCCCN)NC(=O)[C@H](CCCN=C(N)N)NC(=O)[C@H](CCCN=C(N)N)NC(=O)[C@H](CCCN=C(N)N)NC(=O)[C@H](CCC(=O)O)NC(=O)[C@H](CCCN=C(N)N)NC(=O)[C@@H]1CCCN1C(=O)[C@@H](N)[C@@H](C)O)C(=O)N[C@@H](CCCN=C(N)N)C(=O)N(C)CC(=O)O. The Morgan fingerprint density at radius 2 is 0.786 bits per heavy atom. The number of likely N-dealkylation sites (tertiary alicyclic amines) is 1. The summed E-state index contributed by atoms with van der Waals surface area (Å²) in [6.07, 6.45) is -2.21. The summed E-state index contributed by atoms with van der Waals surface area (Å²) in [6, 6.07) is -14.6. The quantitative estimate of drug-likeness (QED) is 0.0153. The van der Waals surface area contributed by atoms with E-state index in [9.17, 15) is 72.9 Å². The van der Waals surface area contributed by atoms with E-state index in [0.717, 1.165) is 4.90 Å². The molecule has 0 aromatic carbocycles. The normalized spacial score (nSPS) is 15.4. The number of carbonyl (C=O) groups is 12. The second-order valence-corrected chi connectivity index (χ2v) is 23.2. The monoisotopic (exact) mass is 1400 g/mol. The van der Waals surface area contributed by atoms with Crippen LogP contribution in [0.2, 0.25) is 0 Å². The van der Waals surface area contributed by atoms with E-state index in [4.69, 9.17) is 68.8 Å². The van der Waals surface area contributed by atoms with Gasteiger partial charge >= 0.3 is 11.9 Å². The molecular weight excluding hydrogens is 1290 g/mol. The topological polar surface area (TPSA) is 742 Å². The van der Waals surface area contributed by atoms with Crippen molar-refractivity contribution in [2.45, 2.75) is 190 Å². The fourth-order valence-electron chi connectivity index (χ4n) is 9.70. The van der Waals surface area contributed by atoms with Crippen molar-refractivity contribution in [1.29, 1.82) is 0 Å². The summed E-state index contributed by atoms with van der Waals surface area (Å²) >= 11 is 0. The van der Waals surface area contributed by atoms with Crippen molar-refractivity contribution in [3.05, 3.63) is 0 Å². The zero-order valence-electron chi connectivity index (χ0n) is 55.8. The summed E-state index contributed by atoms with van der Waals surface area (Å²) in [7, 11) is 1.21. The van der Waals surface area contributed by atoms with E-state index in [0.29, 0.717) is 12.8 Å². The predicted octanol–water partition coefficient (Wildman–Crippen LogP) is -10.6. The molecule has 0 aliphatic carbocycles. The maximum absolute atomic E-state index is 14.7. The third-order valence-corrected chi connectivity index (χ3v) is 14.9. The van der Waals surface area contributed by atoms with Gasteiger partial charge in [0.05, 0.1) is 6.10 Å². The lowest BCUT2D eigenvalue weighted by Gasteiger charge is -2.30. The largest absolute Gasteiger partial charge is 0.481 e.